The summed E-state index contributed by atoms with van der Waals surface area (Å²) in [7, 11) is 0. The fraction of sp³-hybridized carbons (Fsp3) is 0.308. The van der Waals surface area contributed by atoms with Gasteiger partial charge in [-0.2, -0.15) is 0 Å². The van der Waals surface area contributed by atoms with Crippen LogP contribution in [0.25, 0.3) is 0 Å². The van der Waals surface area contributed by atoms with Crippen molar-refractivity contribution < 1.29 is 4.39 Å². The summed E-state index contributed by atoms with van der Waals surface area (Å²) >= 11 is 7.69. The normalized spacial score (nSPS) is 12.6. The van der Waals surface area contributed by atoms with Crippen molar-refractivity contribution in [1.29, 1.82) is 0 Å². The minimum Gasteiger partial charge on any atom is -0.309 e. The molecule has 0 aliphatic rings. The minimum absolute atomic E-state index is 0.127. The first kappa shape index (κ1) is 13.5. The third kappa shape index (κ3) is 3.28. The molecule has 1 heterocycles. The Bertz CT molecular complexity index is 502. The number of hydrogen-bond donors (Lipinski definition) is 1. The van der Waals surface area contributed by atoms with Gasteiger partial charge in [0.15, 0.2) is 0 Å². The molecule has 0 bridgehead atoms. The number of halogens is 2. The van der Waals surface area contributed by atoms with E-state index in [1.807, 2.05) is 13.1 Å². The summed E-state index contributed by atoms with van der Waals surface area (Å²) in [6.45, 7) is 2.89. The van der Waals surface area contributed by atoms with E-state index in [1.54, 1.807) is 22.9 Å². The zero-order valence-corrected chi connectivity index (χ0v) is 11.6. The lowest BCUT2D eigenvalue weighted by atomic mass is 10.0. The van der Waals surface area contributed by atoms with E-state index in [1.165, 1.54) is 12.1 Å². The number of nitrogens with zero attached hydrogens (tertiary/aromatic N) is 1. The zero-order chi connectivity index (χ0) is 13.0. The van der Waals surface area contributed by atoms with Gasteiger partial charge in [0.2, 0.25) is 0 Å². The summed E-state index contributed by atoms with van der Waals surface area (Å²) in [5.41, 5.74) is 2.61. The van der Waals surface area contributed by atoms with Gasteiger partial charge >= 0.3 is 0 Å². The van der Waals surface area contributed by atoms with Crippen LogP contribution in [0.3, 0.4) is 0 Å². The molecule has 2 rings (SSSR count). The largest absolute Gasteiger partial charge is 0.309 e. The molecular weight excluding hydrogens is 271 g/mol. The molecule has 0 radical (unpaired) electrons. The summed E-state index contributed by atoms with van der Waals surface area (Å²) in [6, 6.07) is 4.60. The monoisotopic (exact) mass is 284 g/mol. The maximum Gasteiger partial charge on any atom is 0.123 e. The molecule has 0 fully saturated rings. The van der Waals surface area contributed by atoms with E-state index in [0.717, 1.165) is 17.0 Å². The molecule has 0 saturated heterocycles. The Hall–Kier alpha value is -0.970. The van der Waals surface area contributed by atoms with Gasteiger partial charge in [-0.1, -0.05) is 18.5 Å². The highest BCUT2D eigenvalue weighted by atomic mass is 35.5. The number of thiazole rings is 1. The fourth-order valence-corrected chi connectivity index (χ4v) is 2.73. The highest BCUT2D eigenvalue weighted by molar-refractivity contribution is 7.09. The quantitative estimate of drug-likeness (QED) is 0.903. The number of hydrogen-bond acceptors (Lipinski definition) is 3. The highest BCUT2D eigenvalue weighted by Gasteiger charge is 2.15. The zero-order valence-electron chi connectivity index (χ0n) is 9.99. The van der Waals surface area contributed by atoms with Gasteiger partial charge < -0.3 is 5.32 Å². The van der Waals surface area contributed by atoms with Crippen LogP contribution in [0.5, 0.6) is 0 Å². The highest BCUT2D eigenvalue weighted by Crippen LogP contribution is 2.26. The number of rotatable bonds is 5. The summed E-state index contributed by atoms with van der Waals surface area (Å²) in [5, 5.41) is 3.97. The van der Waals surface area contributed by atoms with E-state index in [2.05, 4.69) is 10.3 Å². The molecular formula is C13H14ClFN2S. The second-order valence-electron chi connectivity index (χ2n) is 3.95. The third-order valence-corrected chi connectivity index (χ3v) is 3.94. The molecule has 1 aromatic heterocycles. The molecule has 1 unspecified atom stereocenters. The van der Waals surface area contributed by atoms with Gasteiger partial charge in [0, 0.05) is 22.1 Å². The third-order valence-electron chi connectivity index (χ3n) is 2.68. The molecule has 2 nitrogen and oxygen atoms in total. The second-order valence-corrected chi connectivity index (χ2v) is 5.28. The van der Waals surface area contributed by atoms with Gasteiger partial charge in [-0.3, -0.25) is 4.98 Å². The molecule has 0 aliphatic carbocycles. The Morgan fingerprint density at radius 1 is 1.50 bits per heavy atom. The Kier molecular flexibility index (Phi) is 4.69. The molecule has 0 aliphatic heterocycles. The molecule has 1 aromatic carbocycles. The van der Waals surface area contributed by atoms with Crippen molar-refractivity contribution in [2.24, 2.45) is 0 Å². The van der Waals surface area contributed by atoms with Gasteiger partial charge in [0.05, 0.1) is 5.51 Å². The topological polar surface area (TPSA) is 24.9 Å². The maximum atomic E-state index is 13.2. The lowest BCUT2D eigenvalue weighted by molar-refractivity contribution is 0.554. The standard InChI is InChI=1S/C13H14ClFN2S/c1-2-17-12(13-7-16-8-18-13)6-9-5-10(15)3-4-11(9)14/h3-5,7-8,12,17H,2,6H2,1H3. The molecule has 0 saturated carbocycles. The summed E-state index contributed by atoms with van der Waals surface area (Å²) in [6.07, 6.45) is 2.50. The Balaban J connectivity index is 2.21. The Morgan fingerprint density at radius 2 is 2.33 bits per heavy atom. The van der Waals surface area contributed by atoms with Gasteiger partial charge in [0.1, 0.15) is 5.82 Å². The SMILES string of the molecule is CCNC(Cc1cc(F)ccc1Cl)c1cncs1. The van der Waals surface area contributed by atoms with E-state index >= 15 is 0 Å². The minimum atomic E-state index is -0.256. The predicted molar refractivity (Wildman–Crippen MR) is 73.6 cm³/mol. The van der Waals surface area contributed by atoms with E-state index in [0.29, 0.717) is 11.4 Å². The summed E-state index contributed by atoms with van der Waals surface area (Å²) in [4.78, 5) is 5.21. The van der Waals surface area contributed by atoms with Crippen molar-refractivity contribution in [2.45, 2.75) is 19.4 Å². The van der Waals surface area contributed by atoms with Crippen LogP contribution in [0, 0.1) is 5.82 Å². The summed E-state index contributed by atoms with van der Waals surface area (Å²) in [5.74, 6) is -0.256. The first-order valence-corrected chi connectivity index (χ1v) is 7.02. The second kappa shape index (κ2) is 6.27. The Morgan fingerprint density at radius 3 is 3.00 bits per heavy atom. The predicted octanol–water partition coefficient (Wildman–Crippen LogP) is 3.83. The number of nitrogens with one attached hydrogen (secondary N) is 1. The van der Waals surface area contributed by atoms with E-state index in [4.69, 9.17) is 11.6 Å². The average molecular weight is 285 g/mol. The van der Waals surface area contributed by atoms with Crippen LogP contribution >= 0.6 is 22.9 Å². The molecule has 0 amide bonds. The van der Waals surface area contributed by atoms with Gasteiger partial charge in [-0.25, -0.2) is 4.39 Å². The van der Waals surface area contributed by atoms with Crippen LogP contribution in [0.2, 0.25) is 5.02 Å². The van der Waals surface area contributed by atoms with Crippen LogP contribution < -0.4 is 5.32 Å². The van der Waals surface area contributed by atoms with Crippen molar-refractivity contribution in [3.63, 3.8) is 0 Å². The van der Waals surface area contributed by atoms with E-state index in [-0.39, 0.29) is 11.9 Å². The van der Waals surface area contributed by atoms with E-state index in [9.17, 15) is 4.39 Å². The number of benzene rings is 1. The van der Waals surface area contributed by atoms with Crippen LogP contribution in [0.15, 0.2) is 29.9 Å². The Labute approximate surface area is 115 Å². The van der Waals surface area contributed by atoms with Crippen molar-refractivity contribution >= 4 is 22.9 Å². The van der Waals surface area contributed by atoms with Crippen LogP contribution in [-0.4, -0.2) is 11.5 Å². The van der Waals surface area contributed by atoms with E-state index < -0.39 is 0 Å². The molecule has 1 N–H and O–H groups in total. The summed E-state index contributed by atoms with van der Waals surface area (Å²) < 4.78 is 13.2. The molecule has 96 valence electrons. The molecule has 0 spiro atoms. The molecule has 5 heteroatoms. The smallest absolute Gasteiger partial charge is 0.123 e. The number of aromatic nitrogens is 1. The number of likely N-dealkylation sites (N-methyl/N-ethyl adjacent to an activating group) is 1. The first-order valence-electron chi connectivity index (χ1n) is 5.76. The van der Waals surface area contributed by atoms with Gasteiger partial charge in [0.25, 0.3) is 0 Å². The lowest BCUT2D eigenvalue weighted by Crippen LogP contribution is -2.22. The van der Waals surface area contributed by atoms with Crippen LogP contribution in [0.4, 0.5) is 4.39 Å². The van der Waals surface area contributed by atoms with Gasteiger partial charge in [-0.15, -0.1) is 11.3 Å². The van der Waals surface area contributed by atoms with Crippen molar-refractivity contribution in [3.05, 3.63) is 51.2 Å². The van der Waals surface area contributed by atoms with Crippen molar-refractivity contribution in [2.75, 3.05) is 6.54 Å². The molecule has 1 atom stereocenters. The molecule has 18 heavy (non-hydrogen) atoms. The van der Waals surface area contributed by atoms with Gasteiger partial charge in [-0.05, 0) is 36.7 Å². The van der Waals surface area contributed by atoms with Crippen LogP contribution in [-0.2, 0) is 6.42 Å². The lowest BCUT2D eigenvalue weighted by Gasteiger charge is -2.16. The maximum absolute atomic E-state index is 13.2. The van der Waals surface area contributed by atoms with Crippen molar-refractivity contribution in [3.8, 4) is 0 Å². The van der Waals surface area contributed by atoms with Crippen molar-refractivity contribution in [1.82, 2.24) is 10.3 Å². The van der Waals surface area contributed by atoms with Crippen LogP contribution in [0.1, 0.15) is 23.4 Å². The first-order chi connectivity index (χ1) is 8.70. The molecule has 2 aromatic rings. The average Bonchev–Trinajstić information content (AvgIpc) is 2.87. The fourth-order valence-electron chi connectivity index (χ4n) is 1.84.